The summed E-state index contributed by atoms with van der Waals surface area (Å²) >= 11 is 0. The summed E-state index contributed by atoms with van der Waals surface area (Å²) in [6.07, 6.45) is 15.7. The van der Waals surface area contributed by atoms with Gasteiger partial charge in [-0.15, -0.1) is 6.42 Å². The zero-order valence-corrected chi connectivity index (χ0v) is 33.3. The quantitative estimate of drug-likeness (QED) is 0.197. The van der Waals surface area contributed by atoms with E-state index in [4.69, 9.17) is 25.9 Å². The number of β-amino-alcohol motifs (C(OH)–C–C–N with tert-alkyl or cyclic N) is 1. The number of terminal acetylenes is 1. The molecule has 5 aliphatic rings. The Hall–Kier alpha value is -4.32. The number of phenolic OH excluding ortho intramolecular Hbond substituents is 1. The van der Waals surface area contributed by atoms with Crippen LogP contribution in [-0.4, -0.2) is 101 Å². The smallest absolute Gasteiger partial charge is 0.319 e. The Morgan fingerprint density at radius 2 is 1.75 bits per heavy atom. The Kier molecular flexibility index (Phi) is 9.33. The third kappa shape index (κ3) is 6.63. The average molecular weight is 802 g/mol. The van der Waals surface area contributed by atoms with Crippen LogP contribution in [0.15, 0.2) is 24.3 Å². The monoisotopic (exact) mass is 801 g/mol. The van der Waals surface area contributed by atoms with Gasteiger partial charge >= 0.3 is 6.01 Å². The molecule has 2 aromatic carbocycles. The van der Waals surface area contributed by atoms with Crippen molar-refractivity contribution in [3.8, 4) is 41.2 Å². The minimum Gasteiger partial charge on any atom is -0.508 e. The number of pyridine rings is 1. The van der Waals surface area contributed by atoms with Crippen molar-refractivity contribution in [3.05, 3.63) is 41.5 Å². The van der Waals surface area contributed by atoms with Crippen molar-refractivity contribution in [1.29, 1.82) is 0 Å². The molecule has 3 saturated heterocycles. The maximum atomic E-state index is 17.3. The predicted octanol–water partition coefficient (Wildman–Crippen LogP) is 6.54. The van der Waals surface area contributed by atoms with E-state index in [9.17, 15) is 18.6 Å². The van der Waals surface area contributed by atoms with Gasteiger partial charge in [0.2, 0.25) is 5.88 Å². The molecule has 0 amide bonds. The number of aromatic nitrogens is 3. The number of phenols is 1. The van der Waals surface area contributed by atoms with Crippen LogP contribution in [0.25, 0.3) is 32.9 Å². The van der Waals surface area contributed by atoms with Gasteiger partial charge in [0, 0.05) is 41.5 Å². The number of piperidine rings is 2. The van der Waals surface area contributed by atoms with Crippen LogP contribution in [0, 0.1) is 34.8 Å². The highest BCUT2D eigenvalue weighted by molar-refractivity contribution is 7.91. The Labute approximate surface area is 331 Å². The molecule has 3 atom stereocenters. The molecule has 5 heterocycles. The molecule has 2 N–H and O–H groups in total. The molecule has 0 radical (unpaired) electrons. The van der Waals surface area contributed by atoms with Crippen molar-refractivity contribution in [2.45, 2.75) is 95.2 Å². The zero-order chi connectivity index (χ0) is 39.9. The fourth-order valence-electron chi connectivity index (χ4n) is 11.0. The molecule has 4 aromatic rings. The maximum Gasteiger partial charge on any atom is 0.319 e. The van der Waals surface area contributed by atoms with E-state index in [0.717, 1.165) is 64.3 Å². The number of hydrogen-bond donors (Lipinski definition) is 2. The number of fused-ring (bicyclic) bond motifs is 3. The Bertz CT molecular complexity index is 2420. The van der Waals surface area contributed by atoms with Gasteiger partial charge in [-0.3, -0.25) is 4.90 Å². The number of aromatic hydroxyl groups is 1. The fourth-order valence-corrected chi connectivity index (χ4v) is 12.7. The van der Waals surface area contributed by atoms with Crippen molar-refractivity contribution in [2.75, 3.05) is 49.8 Å². The summed E-state index contributed by atoms with van der Waals surface area (Å²) in [5.74, 6) is 1.59. The lowest BCUT2D eigenvalue weighted by molar-refractivity contribution is -0.0833. The zero-order valence-electron chi connectivity index (χ0n) is 32.5. The summed E-state index contributed by atoms with van der Waals surface area (Å²) < 4.78 is 69.2. The fraction of sp³-hybridized carbons (Fsp3) is 0.558. The largest absolute Gasteiger partial charge is 0.508 e. The molecule has 0 bridgehead atoms. The predicted molar refractivity (Wildman–Crippen MR) is 213 cm³/mol. The van der Waals surface area contributed by atoms with E-state index >= 15 is 8.78 Å². The third-order valence-electron chi connectivity index (χ3n) is 13.9. The number of sulfone groups is 1. The molecule has 14 heteroatoms. The maximum absolute atomic E-state index is 17.3. The molecular weight excluding hydrogens is 753 g/mol. The standard InChI is InChI=1S/C43H49F2N5O6S/c1-4-29-31(44)10-9-26-20-28(51)21-30(33(26)29)36-35(45)37-34(39(46-36)55-3)38(49-16-6-11-41(2,52)24-49)48-40(47-37)56-25-43-12-5-8-32(43)50(17-7-13-43)27-22-42(23-27)14-18-57(53,54)19-15-42/h1,9-10,20-21,27,32,51-52H,5-8,11-19,22-25H2,2-3H3. The molecule has 302 valence electrons. The van der Waals surface area contributed by atoms with E-state index in [-0.39, 0.29) is 68.1 Å². The first-order valence-corrected chi connectivity index (χ1v) is 22.0. The van der Waals surface area contributed by atoms with Gasteiger partial charge in [-0.2, -0.15) is 9.97 Å². The van der Waals surface area contributed by atoms with E-state index in [2.05, 4.69) is 15.8 Å². The molecule has 1 spiro atoms. The highest BCUT2D eigenvalue weighted by Crippen LogP contribution is 2.56. The number of benzene rings is 2. The van der Waals surface area contributed by atoms with Crippen LogP contribution < -0.4 is 14.4 Å². The number of ether oxygens (including phenoxy) is 2. The number of rotatable bonds is 7. The van der Waals surface area contributed by atoms with Crippen molar-refractivity contribution < 1.29 is 36.9 Å². The molecule has 2 aromatic heterocycles. The molecule has 3 aliphatic heterocycles. The van der Waals surface area contributed by atoms with Crippen LogP contribution in [0.4, 0.5) is 14.6 Å². The van der Waals surface area contributed by atoms with Gasteiger partial charge in [-0.25, -0.2) is 22.2 Å². The lowest BCUT2D eigenvalue weighted by atomic mass is 9.60. The molecule has 11 nitrogen and oxygen atoms in total. The van der Waals surface area contributed by atoms with Crippen molar-refractivity contribution in [3.63, 3.8) is 0 Å². The molecule has 57 heavy (non-hydrogen) atoms. The Balaban J connectivity index is 1.10. The third-order valence-corrected chi connectivity index (χ3v) is 15.5. The van der Waals surface area contributed by atoms with Crippen LogP contribution in [0.2, 0.25) is 0 Å². The van der Waals surface area contributed by atoms with Crippen molar-refractivity contribution in [2.24, 2.45) is 10.8 Å². The number of anilines is 1. The normalized spacial score (nSPS) is 27.3. The average Bonchev–Trinajstić information content (AvgIpc) is 3.61. The molecule has 3 unspecified atom stereocenters. The molecule has 5 fully saturated rings. The molecule has 2 saturated carbocycles. The van der Waals surface area contributed by atoms with Gasteiger partial charge in [0.1, 0.15) is 43.8 Å². The lowest BCUT2D eigenvalue weighted by Crippen LogP contribution is -2.61. The Morgan fingerprint density at radius 3 is 2.49 bits per heavy atom. The minimum atomic E-state index is -2.92. The number of nitrogens with zero attached hydrogens (tertiary/aromatic N) is 5. The number of methoxy groups -OCH3 is 1. The summed E-state index contributed by atoms with van der Waals surface area (Å²) in [6.45, 7) is 3.87. The number of hydrogen-bond acceptors (Lipinski definition) is 11. The second-order valence-corrected chi connectivity index (χ2v) is 19.9. The van der Waals surface area contributed by atoms with Crippen LogP contribution >= 0.6 is 0 Å². The SMILES string of the molecule is C#Cc1c(F)ccc2cc(O)cc(-c3nc(OC)c4c(N5CCCC(C)(O)C5)nc(OCC56CCCC5N(C5CC7(CCS(=O)(=O)CC7)C5)CCC6)nc4c3F)c12. The second kappa shape index (κ2) is 13.9. The summed E-state index contributed by atoms with van der Waals surface area (Å²) in [6, 6.07) is 6.11. The summed E-state index contributed by atoms with van der Waals surface area (Å²) in [4.78, 5) is 18.8. The molecule has 9 rings (SSSR count). The molecule has 2 aliphatic carbocycles. The summed E-state index contributed by atoms with van der Waals surface area (Å²) in [5, 5.41) is 22.7. The van der Waals surface area contributed by atoms with Gasteiger partial charge in [0.05, 0.1) is 36.4 Å². The van der Waals surface area contributed by atoms with E-state index in [1.54, 1.807) is 6.92 Å². The molecular formula is C43H49F2N5O6S. The lowest BCUT2D eigenvalue weighted by Gasteiger charge is -2.58. The summed E-state index contributed by atoms with van der Waals surface area (Å²) in [5.41, 5.74) is -1.44. The first-order chi connectivity index (χ1) is 27.2. The second-order valence-electron chi connectivity index (χ2n) is 17.6. The highest BCUT2D eigenvalue weighted by Gasteiger charge is 2.55. The first kappa shape index (κ1) is 38.2. The van der Waals surface area contributed by atoms with Crippen LogP contribution in [0.1, 0.15) is 83.1 Å². The van der Waals surface area contributed by atoms with Crippen molar-refractivity contribution >= 4 is 37.3 Å². The number of aliphatic hydroxyl groups is 1. The summed E-state index contributed by atoms with van der Waals surface area (Å²) in [7, 11) is -1.51. The van der Waals surface area contributed by atoms with E-state index < -0.39 is 27.1 Å². The van der Waals surface area contributed by atoms with Gasteiger partial charge in [0.25, 0.3) is 0 Å². The van der Waals surface area contributed by atoms with Gasteiger partial charge in [-0.1, -0.05) is 18.4 Å². The van der Waals surface area contributed by atoms with Gasteiger partial charge < -0.3 is 24.6 Å². The topological polar surface area (TPSA) is 138 Å². The number of halogens is 2. The van der Waals surface area contributed by atoms with Gasteiger partial charge in [-0.05, 0) is 107 Å². The highest BCUT2D eigenvalue weighted by atomic mass is 32.2. The minimum absolute atomic E-state index is 0.00882. The van der Waals surface area contributed by atoms with Crippen LogP contribution in [0.3, 0.4) is 0 Å². The number of likely N-dealkylation sites (tertiary alicyclic amines) is 1. The Morgan fingerprint density at radius 1 is 1.00 bits per heavy atom. The van der Waals surface area contributed by atoms with E-state index in [1.165, 1.54) is 31.4 Å². The van der Waals surface area contributed by atoms with E-state index in [0.29, 0.717) is 60.8 Å². The van der Waals surface area contributed by atoms with E-state index in [1.807, 2.05) is 4.90 Å². The van der Waals surface area contributed by atoms with Gasteiger partial charge in [0.15, 0.2) is 5.82 Å². The van der Waals surface area contributed by atoms with Crippen molar-refractivity contribution in [1.82, 2.24) is 19.9 Å². The van der Waals surface area contributed by atoms with Crippen LogP contribution in [0.5, 0.6) is 17.6 Å². The first-order valence-electron chi connectivity index (χ1n) is 20.2. The van der Waals surface area contributed by atoms with Crippen LogP contribution in [-0.2, 0) is 9.84 Å².